The Morgan fingerprint density at radius 1 is 1.13 bits per heavy atom. The number of carbonyl (C=O) groups is 1. The number of nitrogens with one attached hydrogen (secondary N) is 3. The van der Waals surface area contributed by atoms with Crippen molar-refractivity contribution in [3.05, 3.63) is 35.9 Å². The smallest absolute Gasteiger partial charge is 0.222 e. The van der Waals surface area contributed by atoms with Crippen molar-refractivity contribution in [1.29, 1.82) is 0 Å². The van der Waals surface area contributed by atoms with Gasteiger partial charge < -0.3 is 21.1 Å². The summed E-state index contributed by atoms with van der Waals surface area (Å²) in [4.78, 5) is 15.6. The fourth-order valence-electron chi connectivity index (χ4n) is 2.02. The number of nitrogens with zero attached hydrogens (tertiary/aromatic N) is 1. The van der Waals surface area contributed by atoms with E-state index in [4.69, 9.17) is 0 Å². The summed E-state index contributed by atoms with van der Waals surface area (Å²) in [6.45, 7) is 5.51. The van der Waals surface area contributed by atoms with E-state index in [9.17, 15) is 9.90 Å². The van der Waals surface area contributed by atoms with Crippen LogP contribution in [0.3, 0.4) is 0 Å². The Hall–Kier alpha value is -2.08. The monoisotopic (exact) mass is 320 g/mol. The number of aliphatic imine (C=N–C) groups is 1. The van der Waals surface area contributed by atoms with Gasteiger partial charge in [0, 0.05) is 38.5 Å². The minimum atomic E-state index is -0.0105. The van der Waals surface area contributed by atoms with Crippen LogP contribution in [0, 0.1) is 5.92 Å². The van der Waals surface area contributed by atoms with E-state index in [-0.39, 0.29) is 24.3 Å². The first-order valence-corrected chi connectivity index (χ1v) is 7.96. The third kappa shape index (κ3) is 7.15. The minimum Gasteiger partial charge on any atom is -0.396 e. The molecule has 0 heterocycles. The molecule has 1 atom stereocenters. The summed E-state index contributed by atoms with van der Waals surface area (Å²) in [5.74, 6) is 0.691. The van der Waals surface area contributed by atoms with Crippen molar-refractivity contribution in [1.82, 2.24) is 16.0 Å². The number of hydrogen-bond acceptors (Lipinski definition) is 3. The summed E-state index contributed by atoms with van der Waals surface area (Å²) in [6.07, 6.45) is 0. The highest BCUT2D eigenvalue weighted by Gasteiger charge is 2.11. The normalized spacial score (nSPS) is 12.8. The number of amides is 1. The van der Waals surface area contributed by atoms with Crippen molar-refractivity contribution in [2.24, 2.45) is 10.9 Å². The van der Waals surface area contributed by atoms with E-state index < -0.39 is 0 Å². The average Bonchev–Trinajstić information content (AvgIpc) is 2.57. The van der Waals surface area contributed by atoms with Crippen LogP contribution in [-0.4, -0.2) is 50.3 Å². The Balaban J connectivity index is 2.34. The molecule has 0 radical (unpaired) electrons. The van der Waals surface area contributed by atoms with Crippen molar-refractivity contribution < 1.29 is 9.90 Å². The summed E-state index contributed by atoms with van der Waals surface area (Å²) < 4.78 is 0. The van der Waals surface area contributed by atoms with Crippen LogP contribution >= 0.6 is 0 Å². The molecule has 0 aliphatic rings. The van der Waals surface area contributed by atoms with Gasteiger partial charge in [-0.1, -0.05) is 44.2 Å². The fourth-order valence-corrected chi connectivity index (χ4v) is 2.02. The SMILES string of the molecule is CN=C(NCCNC(=O)C(C)C)NCC(CO)c1ccccc1. The summed E-state index contributed by atoms with van der Waals surface area (Å²) >= 11 is 0. The Labute approximate surface area is 138 Å². The molecule has 1 amide bonds. The number of rotatable bonds is 8. The zero-order valence-electron chi connectivity index (χ0n) is 14.2. The Kier molecular flexibility index (Phi) is 8.75. The van der Waals surface area contributed by atoms with E-state index in [1.807, 2.05) is 44.2 Å². The molecule has 0 aliphatic carbocycles. The largest absolute Gasteiger partial charge is 0.396 e. The zero-order valence-corrected chi connectivity index (χ0v) is 14.2. The first-order valence-electron chi connectivity index (χ1n) is 7.96. The third-order valence-electron chi connectivity index (χ3n) is 3.47. The number of carbonyl (C=O) groups excluding carboxylic acids is 1. The van der Waals surface area contributed by atoms with Crippen LogP contribution in [-0.2, 0) is 4.79 Å². The Morgan fingerprint density at radius 3 is 2.35 bits per heavy atom. The molecule has 0 saturated carbocycles. The molecule has 0 aromatic heterocycles. The van der Waals surface area contributed by atoms with E-state index in [1.54, 1.807) is 7.05 Å². The molecule has 128 valence electrons. The van der Waals surface area contributed by atoms with Crippen LogP contribution in [0.5, 0.6) is 0 Å². The maximum Gasteiger partial charge on any atom is 0.222 e. The maximum absolute atomic E-state index is 11.5. The second kappa shape index (κ2) is 10.6. The van der Waals surface area contributed by atoms with Gasteiger partial charge in [-0.3, -0.25) is 9.79 Å². The first kappa shape index (κ1) is 19.0. The zero-order chi connectivity index (χ0) is 17.1. The van der Waals surface area contributed by atoms with Gasteiger partial charge in [-0.15, -0.1) is 0 Å². The molecule has 6 nitrogen and oxygen atoms in total. The third-order valence-corrected chi connectivity index (χ3v) is 3.47. The number of hydrogen-bond donors (Lipinski definition) is 4. The molecule has 4 N–H and O–H groups in total. The van der Waals surface area contributed by atoms with Crippen molar-refractivity contribution in [3.8, 4) is 0 Å². The molecule has 6 heteroatoms. The number of benzene rings is 1. The average molecular weight is 320 g/mol. The molecular formula is C17H28N4O2. The fraction of sp³-hybridized carbons (Fsp3) is 0.529. The van der Waals surface area contributed by atoms with Crippen LogP contribution in [0.4, 0.5) is 0 Å². The summed E-state index contributed by atoms with van der Waals surface area (Å²) in [7, 11) is 1.69. The molecule has 1 rings (SSSR count). The highest BCUT2D eigenvalue weighted by molar-refractivity contribution is 5.80. The number of guanidine groups is 1. The van der Waals surface area contributed by atoms with Crippen LogP contribution in [0.2, 0.25) is 0 Å². The molecule has 0 saturated heterocycles. The lowest BCUT2D eigenvalue weighted by Crippen LogP contribution is -2.43. The summed E-state index contributed by atoms with van der Waals surface area (Å²) in [6, 6.07) is 9.88. The Bertz CT molecular complexity index is 489. The van der Waals surface area contributed by atoms with Gasteiger partial charge in [-0.2, -0.15) is 0 Å². The quantitative estimate of drug-likeness (QED) is 0.323. The molecule has 1 aromatic carbocycles. The van der Waals surface area contributed by atoms with Gasteiger partial charge in [0.2, 0.25) is 5.91 Å². The highest BCUT2D eigenvalue weighted by Crippen LogP contribution is 2.13. The van der Waals surface area contributed by atoms with Crippen molar-refractivity contribution >= 4 is 11.9 Å². The summed E-state index contributed by atoms with van der Waals surface area (Å²) in [5, 5.41) is 18.7. The van der Waals surface area contributed by atoms with Crippen LogP contribution in [0.1, 0.15) is 25.3 Å². The van der Waals surface area contributed by atoms with Gasteiger partial charge in [-0.25, -0.2) is 0 Å². The maximum atomic E-state index is 11.5. The van der Waals surface area contributed by atoms with Gasteiger partial charge in [0.1, 0.15) is 0 Å². The lowest BCUT2D eigenvalue weighted by molar-refractivity contribution is -0.123. The van der Waals surface area contributed by atoms with Gasteiger partial charge in [0.05, 0.1) is 6.61 Å². The Morgan fingerprint density at radius 2 is 1.78 bits per heavy atom. The lowest BCUT2D eigenvalue weighted by Gasteiger charge is -2.18. The predicted octanol–water partition coefficient (Wildman–Crippen LogP) is 0.700. The van der Waals surface area contributed by atoms with E-state index in [1.165, 1.54) is 0 Å². The molecule has 0 aliphatic heterocycles. The van der Waals surface area contributed by atoms with Crippen molar-refractivity contribution in [2.45, 2.75) is 19.8 Å². The van der Waals surface area contributed by atoms with Crippen molar-refractivity contribution in [2.75, 3.05) is 33.3 Å². The lowest BCUT2D eigenvalue weighted by atomic mass is 10.0. The molecule has 0 spiro atoms. The number of aliphatic hydroxyl groups is 1. The molecule has 1 unspecified atom stereocenters. The second-order valence-electron chi connectivity index (χ2n) is 5.62. The van der Waals surface area contributed by atoms with E-state index >= 15 is 0 Å². The van der Waals surface area contributed by atoms with Crippen LogP contribution in [0.25, 0.3) is 0 Å². The van der Waals surface area contributed by atoms with E-state index in [0.717, 1.165) is 5.56 Å². The molecule has 23 heavy (non-hydrogen) atoms. The highest BCUT2D eigenvalue weighted by atomic mass is 16.3. The van der Waals surface area contributed by atoms with Crippen LogP contribution < -0.4 is 16.0 Å². The molecule has 0 bridgehead atoms. The number of aliphatic hydroxyl groups excluding tert-OH is 1. The van der Waals surface area contributed by atoms with Gasteiger partial charge in [-0.05, 0) is 5.56 Å². The van der Waals surface area contributed by atoms with E-state index in [2.05, 4.69) is 20.9 Å². The predicted molar refractivity (Wildman–Crippen MR) is 93.5 cm³/mol. The topological polar surface area (TPSA) is 85.8 Å². The molecule has 1 aromatic rings. The van der Waals surface area contributed by atoms with Crippen LogP contribution in [0.15, 0.2) is 35.3 Å². The molecule has 0 fully saturated rings. The molecular weight excluding hydrogens is 292 g/mol. The van der Waals surface area contributed by atoms with Crippen molar-refractivity contribution in [3.63, 3.8) is 0 Å². The summed E-state index contributed by atoms with van der Waals surface area (Å²) in [5.41, 5.74) is 1.09. The first-order chi connectivity index (χ1) is 11.1. The van der Waals surface area contributed by atoms with Gasteiger partial charge >= 0.3 is 0 Å². The van der Waals surface area contributed by atoms with E-state index in [0.29, 0.717) is 25.6 Å². The standard InChI is InChI=1S/C17H28N4O2/c1-13(2)16(23)19-9-10-20-17(18-3)21-11-15(12-22)14-7-5-4-6-8-14/h4-8,13,15,22H,9-12H2,1-3H3,(H,19,23)(H2,18,20,21). The van der Waals surface area contributed by atoms with Gasteiger partial charge in [0.25, 0.3) is 0 Å². The second-order valence-corrected chi connectivity index (χ2v) is 5.62. The van der Waals surface area contributed by atoms with Gasteiger partial charge in [0.15, 0.2) is 5.96 Å². The minimum absolute atomic E-state index is 0.00962.